The van der Waals surface area contributed by atoms with Gasteiger partial charge >= 0.3 is 0 Å². The normalized spacial score (nSPS) is 16.6. The number of aryl methyl sites for hydroxylation is 2. The van der Waals surface area contributed by atoms with Gasteiger partial charge in [-0.15, -0.1) is 10.2 Å². The van der Waals surface area contributed by atoms with Gasteiger partial charge in [0.25, 0.3) is 11.8 Å². The van der Waals surface area contributed by atoms with E-state index in [0.29, 0.717) is 48.7 Å². The van der Waals surface area contributed by atoms with E-state index in [9.17, 15) is 25.1 Å². The van der Waals surface area contributed by atoms with Crippen LogP contribution in [0, 0.1) is 17.2 Å². The number of carbonyl (C=O) groups excluding carboxylic acids is 2. The van der Waals surface area contributed by atoms with E-state index in [2.05, 4.69) is 61.5 Å². The van der Waals surface area contributed by atoms with Crippen LogP contribution in [0.15, 0.2) is 48.7 Å². The van der Waals surface area contributed by atoms with Crippen molar-refractivity contribution in [1.82, 2.24) is 41.9 Å². The molecular formula is C39H53N9O4. The lowest BCUT2D eigenvalue weighted by Crippen LogP contribution is -2.42. The molecule has 13 nitrogen and oxygen atoms in total. The smallest absolute Gasteiger partial charge is 0.251 e. The maximum absolute atomic E-state index is 13.3. The number of nitriles is 1. The molecule has 1 unspecified atom stereocenters. The zero-order valence-corrected chi connectivity index (χ0v) is 31.0. The van der Waals surface area contributed by atoms with Gasteiger partial charge in [-0.1, -0.05) is 43.2 Å². The van der Waals surface area contributed by atoms with E-state index in [1.54, 1.807) is 39.8 Å². The predicted octanol–water partition coefficient (Wildman–Crippen LogP) is 3.19. The summed E-state index contributed by atoms with van der Waals surface area (Å²) in [5, 5.41) is 58.5. The first-order valence-corrected chi connectivity index (χ1v) is 18.2. The Bertz CT molecular complexity index is 1700. The molecule has 2 aliphatic carbocycles. The van der Waals surface area contributed by atoms with Crippen molar-refractivity contribution in [3.63, 3.8) is 0 Å². The van der Waals surface area contributed by atoms with Crippen molar-refractivity contribution in [1.29, 1.82) is 5.26 Å². The predicted molar refractivity (Wildman–Crippen MR) is 197 cm³/mol. The maximum Gasteiger partial charge on any atom is 0.251 e. The molecule has 0 bridgehead atoms. The minimum atomic E-state index is -1.07. The lowest BCUT2D eigenvalue weighted by atomic mass is 9.67. The van der Waals surface area contributed by atoms with Crippen LogP contribution in [0.25, 0.3) is 0 Å². The number of hydrogen-bond donors (Lipinski definition) is 7. The quantitative estimate of drug-likeness (QED) is 0.116. The molecule has 278 valence electrons. The minimum absolute atomic E-state index is 0.0957. The molecule has 13 heteroatoms. The summed E-state index contributed by atoms with van der Waals surface area (Å²) in [4.78, 5) is 26.5. The second kappa shape index (κ2) is 15.9. The summed E-state index contributed by atoms with van der Waals surface area (Å²) in [7, 11) is 0. The fourth-order valence-electron chi connectivity index (χ4n) is 7.15. The Kier molecular flexibility index (Phi) is 11.8. The van der Waals surface area contributed by atoms with Crippen molar-refractivity contribution >= 4 is 11.8 Å². The average Bonchev–Trinajstić information content (AvgIpc) is 3.58. The van der Waals surface area contributed by atoms with Gasteiger partial charge in [0.2, 0.25) is 0 Å². The molecule has 0 spiro atoms. The van der Waals surface area contributed by atoms with Gasteiger partial charge in [-0.25, -0.2) is 0 Å². The highest BCUT2D eigenvalue weighted by Gasteiger charge is 2.45. The molecule has 2 amide bonds. The van der Waals surface area contributed by atoms with E-state index < -0.39 is 16.6 Å². The van der Waals surface area contributed by atoms with Crippen LogP contribution in [0.2, 0.25) is 0 Å². The van der Waals surface area contributed by atoms with Crippen molar-refractivity contribution in [3.8, 4) is 6.07 Å². The summed E-state index contributed by atoms with van der Waals surface area (Å²) in [5.41, 5.74) is 2.27. The molecule has 2 aliphatic rings. The number of H-pyrrole nitrogens is 1. The summed E-state index contributed by atoms with van der Waals surface area (Å²) < 4.78 is 0. The Labute approximate surface area is 306 Å². The molecule has 0 saturated heterocycles. The topological polar surface area (TPSA) is 201 Å². The average molecular weight is 712 g/mol. The van der Waals surface area contributed by atoms with E-state index in [1.807, 2.05) is 24.3 Å². The Balaban J connectivity index is 1.50. The standard InChI is InChI=1S/C39H53N9O4/c1-24(41-21-25(2)44-31(20-40)16-26-8-7-9-26)19-39(36-45-47-48-46-36)32-14-12-29(34(49)42-22-37(3,4)51)17-27(32)10-11-28-18-30(13-15-33(28)39)35(50)43-23-38(5,6)52/h12-15,17-18,24,26,31,41,44,51-52H,2,7-11,16,19,21-23H2,1,3-6H3,(H,42,49)(H,43,50)(H,45,46,47,48)/t24-,31?/m1/s1. The van der Waals surface area contributed by atoms with Crippen LogP contribution in [-0.4, -0.2) is 85.6 Å². The largest absolute Gasteiger partial charge is 0.389 e. The highest BCUT2D eigenvalue weighted by atomic mass is 16.3. The molecule has 1 heterocycles. The van der Waals surface area contributed by atoms with Gasteiger partial charge in [-0.2, -0.15) is 10.5 Å². The molecule has 7 N–H and O–H groups in total. The van der Waals surface area contributed by atoms with Crippen LogP contribution in [-0.2, 0) is 18.3 Å². The Morgan fingerprint density at radius 1 is 1.00 bits per heavy atom. The van der Waals surface area contributed by atoms with Crippen LogP contribution < -0.4 is 21.3 Å². The highest BCUT2D eigenvalue weighted by molar-refractivity contribution is 5.95. The molecule has 1 aromatic heterocycles. The molecule has 1 fully saturated rings. The van der Waals surface area contributed by atoms with Crippen LogP contribution in [0.3, 0.4) is 0 Å². The Morgan fingerprint density at radius 3 is 2.00 bits per heavy atom. The number of aromatic nitrogens is 4. The summed E-state index contributed by atoms with van der Waals surface area (Å²) in [6, 6.07) is 13.2. The van der Waals surface area contributed by atoms with Gasteiger partial charge in [0.05, 0.1) is 22.7 Å². The number of aliphatic hydroxyl groups is 2. The van der Waals surface area contributed by atoms with Gasteiger partial charge in [0.1, 0.15) is 6.04 Å². The van der Waals surface area contributed by atoms with E-state index >= 15 is 0 Å². The van der Waals surface area contributed by atoms with Gasteiger partial charge in [-0.3, -0.25) is 9.59 Å². The molecule has 2 atom stereocenters. The zero-order chi connectivity index (χ0) is 37.7. The van der Waals surface area contributed by atoms with Crippen LogP contribution in [0.4, 0.5) is 0 Å². The molecular weight excluding hydrogens is 658 g/mol. The summed E-state index contributed by atoms with van der Waals surface area (Å²) in [6.07, 6.45) is 6.01. The van der Waals surface area contributed by atoms with Crippen molar-refractivity contribution in [3.05, 3.63) is 87.9 Å². The number of aromatic amines is 1. The second-order valence-corrected chi connectivity index (χ2v) is 15.8. The number of nitrogens with one attached hydrogen (secondary N) is 5. The van der Waals surface area contributed by atoms with Crippen LogP contribution in [0.5, 0.6) is 0 Å². The monoisotopic (exact) mass is 711 g/mol. The molecule has 5 rings (SSSR count). The van der Waals surface area contributed by atoms with E-state index in [1.165, 1.54) is 19.3 Å². The zero-order valence-electron chi connectivity index (χ0n) is 31.0. The van der Waals surface area contributed by atoms with Crippen LogP contribution in [0.1, 0.15) is 116 Å². The Hall–Kier alpha value is -4.64. The van der Waals surface area contributed by atoms with E-state index in [0.717, 1.165) is 34.4 Å². The number of amides is 2. The third-order valence-electron chi connectivity index (χ3n) is 10.0. The third-order valence-corrected chi connectivity index (χ3v) is 10.0. The molecule has 52 heavy (non-hydrogen) atoms. The molecule has 0 radical (unpaired) electrons. The molecule has 1 saturated carbocycles. The molecule has 0 aliphatic heterocycles. The third kappa shape index (κ3) is 9.42. The fourth-order valence-corrected chi connectivity index (χ4v) is 7.15. The SMILES string of the molecule is C=C(CN[C@H](C)CC1(c2nn[nH]n2)c2ccc(C(=O)NCC(C)(C)O)cc2CCc2cc(C(=O)NCC(C)(C)O)ccc21)NC(C#N)CC1CCC1. The number of nitrogens with zero attached hydrogens (tertiary/aromatic N) is 4. The van der Waals surface area contributed by atoms with Crippen molar-refractivity contribution in [2.45, 2.75) is 108 Å². The second-order valence-electron chi connectivity index (χ2n) is 15.8. The van der Waals surface area contributed by atoms with E-state index in [4.69, 9.17) is 0 Å². The summed E-state index contributed by atoms with van der Waals surface area (Å²) in [5.74, 6) is 0.447. The summed E-state index contributed by atoms with van der Waals surface area (Å²) >= 11 is 0. The van der Waals surface area contributed by atoms with Gasteiger partial charge < -0.3 is 31.5 Å². The van der Waals surface area contributed by atoms with E-state index in [-0.39, 0.29) is 37.0 Å². The first kappa shape index (κ1) is 38.6. The first-order chi connectivity index (χ1) is 24.6. The highest BCUT2D eigenvalue weighted by Crippen LogP contribution is 2.47. The van der Waals surface area contributed by atoms with Crippen LogP contribution >= 0.6 is 0 Å². The number of hydrogen-bond acceptors (Lipinski definition) is 10. The lowest BCUT2D eigenvalue weighted by molar-refractivity contribution is 0.0694. The molecule has 2 aromatic carbocycles. The van der Waals surface area contributed by atoms with Crippen molar-refractivity contribution in [2.75, 3.05) is 19.6 Å². The van der Waals surface area contributed by atoms with Gasteiger partial charge in [0, 0.05) is 42.5 Å². The number of tetrazole rings is 1. The van der Waals surface area contributed by atoms with Gasteiger partial charge in [0.15, 0.2) is 5.82 Å². The number of benzene rings is 2. The number of rotatable bonds is 16. The maximum atomic E-state index is 13.3. The minimum Gasteiger partial charge on any atom is -0.389 e. The summed E-state index contributed by atoms with van der Waals surface area (Å²) in [6.45, 7) is 13.5. The first-order valence-electron chi connectivity index (χ1n) is 18.2. The van der Waals surface area contributed by atoms with Gasteiger partial charge in [-0.05, 0) is 113 Å². The van der Waals surface area contributed by atoms with Crippen molar-refractivity contribution < 1.29 is 19.8 Å². The fraction of sp³-hybridized carbons (Fsp3) is 0.538. The van der Waals surface area contributed by atoms with Crippen molar-refractivity contribution in [2.24, 2.45) is 5.92 Å². The number of fused-ring (bicyclic) bond motifs is 2. The molecule has 3 aromatic rings. The number of carbonyl (C=O) groups is 2. The Morgan fingerprint density at radius 2 is 1.56 bits per heavy atom. The lowest BCUT2D eigenvalue weighted by Gasteiger charge is -2.36.